The molecule has 5 nitrogen and oxygen atoms in total. The molecule has 0 aromatic heterocycles. The van der Waals surface area contributed by atoms with Crippen LogP contribution in [0.5, 0.6) is 0 Å². The summed E-state index contributed by atoms with van der Waals surface area (Å²) in [4.78, 5) is 2.32. The fourth-order valence-corrected chi connectivity index (χ4v) is 0.112. The molecule has 0 unspecified atom stereocenters. The molecule has 0 aliphatic heterocycles. The normalized spacial score (nSPS) is 6.29. The molecule has 0 heterocycles. The summed E-state index contributed by atoms with van der Waals surface area (Å²) in [5, 5.41) is 2.81. The van der Waals surface area contributed by atoms with E-state index in [1.165, 1.54) is 0 Å². The van der Waals surface area contributed by atoms with Gasteiger partial charge in [-0.15, -0.1) is 5.53 Å². The molecule has 3 N–H and O–H groups in total. The van der Waals surface area contributed by atoms with E-state index < -0.39 is 0 Å². The van der Waals surface area contributed by atoms with Gasteiger partial charge in [0, 0.05) is 0 Å². The summed E-state index contributed by atoms with van der Waals surface area (Å²) in [6, 6.07) is 0. The Morgan fingerprint density at radius 3 is 2.71 bits per heavy atom. The maximum absolute atomic E-state index is 7.60. The van der Waals surface area contributed by atoms with Crippen molar-refractivity contribution >= 4 is 17.3 Å². The van der Waals surface area contributed by atoms with Crippen LogP contribution >= 0.6 is 12.2 Å². The van der Waals surface area contributed by atoms with Crippen LogP contribution in [0.2, 0.25) is 0 Å². The minimum atomic E-state index is -0.0298. The number of hydrogen-bond donors (Lipinski definition) is 2. The average Bonchev–Trinajstić information content (AvgIpc) is 1.61. The first-order chi connectivity index (χ1) is 3.27. The highest BCUT2D eigenvalue weighted by molar-refractivity contribution is 7.80. The van der Waals surface area contributed by atoms with E-state index in [-0.39, 0.29) is 5.11 Å². The number of nitrogens with two attached hydrogens (primary N) is 1. The molecule has 7 heavy (non-hydrogen) atoms. The lowest BCUT2D eigenvalue weighted by molar-refractivity contribution is 1.01. The molecule has 0 atom stereocenters. The zero-order chi connectivity index (χ0) is 5.70. The van der Waals surface area contributed by atoms with Gasteiger partial charge < -0.3 is 5.73 Å². The van der Waals surface area contributed by atoms with Gasteiger partial charge >= 0.3 is 0 Å². The summed E-state index contributed by atoms with van der Waals surface area (Å²) in [5.41, 5.74) is 14.4. The molecule has 0 saturated carbocycles. The molecule has 0 aromatic rings. The second kappa shape index (κ2) is 3.20. The number of thiocarbonyl (C=S) groups is 1. The molecular formula is CH3N5S. The summed E-state index contributed by atoms with van der Waals surface area (Å²) in [7, 11) is 0. The molecule has 0 rings (SSSR count). The van der Waals surface area contributed by atoms with E-state index in [9.17, 15) is 0 Å². The Balaban J connectivity index is 3.32. The summed E-state index contributed by atoms with van der Waals surface area (Å²) >= 11 is 4.26. The third kappa shape index (κ3) is 5.00. The molecule has 0 fully saturated rings. The maximum atomic E-state index is 7.60. The topological polar surface area (TPSA) is 86.8 Å². The third-order valence-corrected chi connectivity index (χ3v) is 0.296. The standard InChI is InChI=1S/CH3N5S/c2-1(7)4-6-5-3/h(H3,2,4,7). The lowest BCUT2D eigenvalue weighted by atomic mass is 11.2. The van der Waals surface area contributed by atoms with Gasteiger partial charge in [-0.3, -0.25) is 0 Å². The molecule has 0 radical (unpaired) electrons. The van der Waals surface area contributed by atoms with Gasteiger partial charge in [-0.2, -0.15) is 4.91 Å². The summed E-state index contributed by atoms with van der Waals surface area (Å²) in [5.74, 6) is 0. The maximum Gasteiger partial charge on any atom is 0.261 e. The Labute approximate surface area is 45.1 Å². The van der Waals surface area contributed by atoms with Crippen molar-refractivity contribution in [2.45, 2.75) is 0 Å². The van der Waals surface area contributed by atoms with Crippen LogP contribution in [0.1, 0.15) is 0 Å². The smallest absolute Gasteiger partial charge is 0.261 e. The van der Waals surface area contributed by atoms with E-state index in [0.717, 1.165) is 0 Å². The molecule has 0 aliphatic rings. The highest BCUT2D eigenvalue weighted by Gasteiger charge is 1.78. The van der Waals surface area contributed by atoms with Crippen LogP contribution in [0.25, 0.3) is 10.4 Å². The molecule has 0 saturated heterocycles. The SMILES string of the molecule is [N-]=[N+]=NNC(N)=S. The largest absolute Gasteiger partial charge is 0.356 e. The van der Waals surface area contributed by atoms with Gasteiger partial charge in [-0.25, -0.2) is 5.43 Å². The van der Waals surface area contributed by atoms with Gasteiger partial charge in [0.15, 0.2) is 0 Å². The Hall–Kier alpha value is -1.00. The van der Waals surface area contributed by atoms with Crippen molar-refractivity contribution in [2.24, 2.45) is 11.0 Å². The Morgan fingerprint density at radius 1 is 2.00 bits per heavy atom. The summed E-state index contributed by atoms with van der Waals surface area (Å²) in [6.45, 7) is 0. The van der Waals surface area contributed by atoms with Crippen molar-refractivity contribution in [3.05, 3.63) is 10.4 Å². The number of nitrogens with zero attached hydrogens (tertiary/aromatic N) is 3. The first kappa shape index (κ1) is 6.00. The molecule has 0 aliphatic carbocycles. The van der Waals surface area contributed by atoms with Gasteiger partial charge in [0.1, 0.15) is 0 Å². The molecule has 0 aromatic carbocycles. The van der Waals surface area contributed by atoms with E-state index in [1.807, 2.05) is 5.43 Å². The minimum absolute atomic E-state index is 0.0298. The summed E-state index contributed by atoms with van der Waals surface area (Å²) < 4.78 is 0. The quantitative estimate of drug-likeness (QED) is 0.167. The lowest BCUT2D eigenvalue weighted by Crippen LogP contribution is -2.22. The lowest BCUT2D eigenvalue weighted by Gasteiger charge is -1.81. The Morgan fingerprint density at radius 2 is 2.57 bits per heavy atom. The van der Waals surface area contributed by atoms with Crippen LogP contribution in [0.3, 0.4) is 0 Å². The fraction of sp³-hybridized carbons (Fsp3) is 0. The second-order valence-corrected chi connectivity index (χ2v) is 1.11. The average molecular weight is 117 g/mol. The first-order valence-electron chi connectivity index (χ1n) is 1.37. The molecule has 0 spiro atoms. The predicted octanol–water partition coefficient (Wildman–Crippen LogP) is 0.0449. The highest BCUT2D eigenvalue weighted by Crippen LogP contribution is 1.58. The summed E-state index contributed by atoms with van der Waals surface area (Å²) in [6.07, 6.45) is 0. The highest BCUT2D eigenvalue weighted by atomic mass is 32.1. The van der Waals surface area contributed by atoms with E-state index in [2.05, 4.69) is 22.4 Å². The van der Waals surface area contributed by atoms with Crippen LogP contribution in [0.15, 0.2) is 5.22 Å². The van der Waals surface area contributed by atoms with Gasteiger partial charge in [0.05, 0.1) is 0 Å². The Bertz CT molecular complexity index is 111. The number of hydrogen-bond acceptors (Lipinski definition) is 2. The van der Waals surface area contributed by atoms with Crippen LogP contribution in [0.4, 0.5) is 0 Å². The molecule has 0 amide bonds. The van der Waals surface area contributed by atoms with Crippen molar-refractivity contribution in [1.29, 1.82) is 0 Å². The molecule has 6 heteroatoms. The Kier molecular flexibility index (Phi) is 2.74. The molecule has 0 bridgehead atoms. The first-order valence-corrected chi connectivity index (χ1v) is 1.77. The van der Waals surface area contributed by atoms with Crippen LogP contribution in [-0.2, 0) is 0 Å². The van der Waals surface area contributed by atoms with Crippen molar-refractivity contribution < 1.29 is 0 Å². The molecular weight excluding hydrogens is 114 g/mol. The number of rotatable bonds is 1. The predicted molar refractivity (Wildman–Crippen MR) is 29.1 cm³/mol. The number of azide groups is 1. The van der Waals surface area contributed by atoms with Crippen molar-refractivity contribution in [2.75, 3.05) is 0 Å². The van der Waals surface area contributed by atoms with Gasteiger partial charge in [0.25, 0.3) is 5.11 Å². The van der Waals surface area contributed by atoms with E-state index in [4.69, 9.17) is 11.3 Å². The van der Waals surface area contributed by atoms with Crippen LogP contribution in [-0.4, -0.2) is 5.11 Å². The van der Waals surface area contributed by atoms with E-state index in [1.54, 1.807) is 0 Å². The van der Waals surface area contributed by atoms with E-state index >= 15 is 0 Å². The number of nitrogens with one attached hydrogen (secondary N) is 1. The van der Waals surface area contributed by atoms with Gasteiger partial charge in [-0.05, 0) is 17.4 Å². The monoisotopic (exact) mass is 117 g/mol. The van der Waals surface area contributed by atoms with Crippen LogP contribution < -0.4 is 11.2 Å². The zero-order valence-corrected chi connectivity index (χ0v) is 4.14. The van der Waals surface area contributed by atoms with Gasteiger partial charge in [0.2, 0.25) is 0 Å². The van der Waals surface area contributed by atoms with Crippen molar-refractivity contribution in [3.63, 3.8) is 0 Å². The molecule has 38 valence electrons. The van der Waals surface area contributed by atoms with Crippen LogP contribution in [0, 0.1) is 0 Å². The minimum Gasteiger partial charge on any atom is -0.356 e. The zero-order valence-electron chi connectivity index (χ0n) is 3.33. The fourth-order valence-electron chi connectivity index (χ4n) is 0.0716. The van der Waals surface area contributed by atoms with E-state index in [0.29, 0.717) is 0 Å². The van der Waals surface area contributed by atoms with Gasteiger partial charge in [-0.1, -0.05) is 0 Å². The van der Waals surface area contributed by atoms with Crippen molar-refractivity contribution in [1.82, 2.24) is 5.43 Å². The third-order valence-electron chi connectivity index (χ3n) is 0.205. The van der Waals surface area contributed by atoms with Crippen molar-refractivity contribution in [3.8, 4) is 0 Å². The second-order valence-electron chi connectivity index (χ2n) is 0.665.